The Balaban J connectivity index is 0.00000280. The van der Waals surface area contributed by atoms with Crippen LogP contribution >= 0.6 is 24.0 Å². The Morgan fingerprint density at radius 2 is 1.75 bits per heavy atom. The lowest BCUT2D eigenvalue weighted by atomic mass is 9.92. The number of likely N-dealkylation sites (tertiary alicyclic amines) is 1. The van der Waals surface area contributed by atoms with Crippen LogP contribution in [0.5, 0.6) is 0 Å². The number of nitrogens with one attached hydrogen (secondary N) is 2. The number of aliphatic imine (C=N–C) groups is 1. The molecule has 2 N–H and O–H groups in total. The van der Waals surface area contributed by atoms with Gasteiger partial charge in [0.1, 0.15) is 0 Å². The summed E-state index contributed by atoms with van der Waals surface area (Å²) < 4.78 is 11.3. The average molecular weight is 508 g/mol. The minimum Gasteiger partial charge on any atom is -0.381 e. The van der Waals surface area contributed by atoms with E-state index in [-0.39, 0.29) is 24.0 Å². The summed E-state index contributed by atoms with van der Waals surface area (Å²) >= 11 is 0. The molecule has 0 aromatic rings. The van der Waals surface area contributed by atoms with Crippen LogP contribution in [-0.2, 0) is 9.47 Å². The van der Waals surface area contributed by atoms with E-state index in [1.54, 1.807) is 0 Å². The predicted octanol–water partition coefficient (Wildman–Crippen LogP) is 3.15. The molecule has 1 aliphatic carbocycles. The second kappa shape index (κ2) is 14.0. The summed E-state index contributed by atoms with van der Waals surface area (Å²) in [5.41, 5.74) is 0. The fourth-order valence-electron chi connectivity index (χ4n) is 4.61. The number of guanidine groups is 1. The summed E-state index contributed by atoms with van der Waals surface area (Å²) in [7, 11) is 1.87. The molecule has 0 radical (unpaired) electrons. The van der Waals surface area contributed by atoms with Crippen molar-refractivity contribution in [2.75, 3.05) is 46.5 Å². The molecule has 7 heteroatoms. The van der Waals surface area contributed by atoms with Crippen LogP contribution in [0.2, 0.25) is 0 Å². The standard InChI is InChI=1S/C21H40N4O2.HI/c1-22-21(23-12-5-15-27-20-10-16-26-17-11-20)24-18-8-13-25(14-9-18)19-6-3-2-4-7-19;/h18-20H,2-17H2,1H3,(H2,22,23,24);1H. The van der Waals surface area contributed by atoms with Gasteiger partial charge in [0, 0.05) is 58.6 Å². The molecule has 1 saturated carbocycles. The SMILES string of the molecule is CN=C(NCCCOC1CCOCC1)NC1CCN(C2CCCCC2)CC1.I. The number of nitrogens with zero attached hydrogens (tertiary/aromatic N) is 2. The van der Waals surface area contributed by atoms with Crippen molar-refractivity contribution in [1.29, 1.82) is 0 Å². The summed E-state index contributed by atoms with van der Waals surface area (Å²) in [6, 6.07) is 1.40. The van der Waals surface area contributed by atoms with Crippen molar-refractivity contribution in [2.24, 2.45) is 4.99 Å². The smallest absolute Gasteiger partial charge is 0.191 e. The Hall–Kier alpha value is -0.120. The molecule has 0 amide bonds. The van der Waals surface area contributed by atoms with E-state index < -0.39 is 0 Å². The summed E-state index contributed by atoms with van der Waals surface area (Å²) in [6.45, 7) is 5.88. The predicted molar refractivity (Wildman–Crippen MR) is 126 cm³/mol. The van der Waals surface area contributed by atoms with Gasteiger partial charge in [-0.05, 0) is 44.9 Å². The Kier molecular flexibility index (Phi) is 12.1. The molecule has 28 heavy (non-hydrogen) atoms. The van der Waals surface area contributed by atoms with Gasteiger partial charge in [-0.2, -0.15) is 0 Å². The monoisotopic (exact) mass is 508 g/mol. The first-order chi connectivity index (χ1) is 13.3. The van der Waals surface area contributed by atoms with Crippen molar-refractivity contribution >= 4 is 29.9 Å². The third-order valence-corrected chi connectivity index (χ3v) is 6.32. The molecule has 3 aliphatic rings. The molecule has 0 atom stereocenters. The molecule has 0 unspecified atom stereocenters. The van der Waals surface area contributed by atoms with Crippen molar-refractivity contribution in [3.8, 4) is 0 Å². The maximum atomic E-state index is 5.93. The number of halogens is 1. The zero-order chi connectivity index (χ0) is 18.7. The lowest BCUT2D eigenvalue weighted by molar-refractivity contribution is -0.0320. The fourth-order valence-corrected chi connectivity index (χ4v) is 4.61. The van der Waals surface area contributed by atoms with E-state index in [0.717, 1.165) is 57.6 Å². The van der Waals surface area contributed by atoms with E-state index in [0.29, 0.717) is 12.1 Å². The average Bonchev–Trinajstić information content (AvgIpc) is 2.74. The highest BCUT2D eigenvalue weighted by Crippen LogP contribution is 2.25. The van der Waals surface area contributed by atoms with Gasteiger partial charge in [-0.15, -0.1) is 24.0 Å². The third kappa shape index (κ3) is 8.32. The molecule has 3 fully saturated rings. The summed E-state index contributed by atoms with van der Waals surface area (Å²) in [4.78, 5) is 7.14. The van der Waals surface area contributed by atoms with E-state index in [1.807, 2.05) is 7.05 Å². The molecule has 164 valence electrons. The van der Waals surface area contributed by atoms with E-state index in [9.17, 15) is 0 Å². The summed E-state index contributed by atoms with van der Waals surface area (Å²) in [5, 5.41) is 7.07. The molecule has 0 aromatic carbocycles. The summed E-state index contributed by atoms with van der Waals surface area (Å²) in [6.07, 6.45) is 13.1. The van der Waals surface area contributed by atoms with Crippen LogP contribution in [0.15, 0.2) is 4.99 Å². The Morgan fingerprint density at radius 1 is 1.04 bits per heavy atom. The maximum Gasteiger partial charge on any atom is 0.191 e. The van der Waals surface area contributed by atoms with Crippen LogP contribution in [0.4, 0.5) is 0 Å². The maximum absolute atomic E-state index is 5.93. The fraction of sp³-hybridized carbons (Fsp3) is 0.952. The number of ether oxygens (including phenoxy) is 2. The Bertz CT molecular complexity index is 432. The van der Waals surface area contributed by atoms with Gasteiger partial charge in [-0.1, -0.05) is 19.3 Å². The molecular formula is C21H41IN4O2. The van der Waals surface area contributed by atoms with Crippen LogP contribution in [0.25, 0.3) is 0 Å². The first-order valence-electron chi connectivity index (χ1n) is 11.3. The minimum atomic E-state index is 0. The van der Waals surface area contributed by atoms with Gasteiger partial charge in [0.05, 0.1) is 6.10 Å². The highest BCUT2D eigenvalue weighted by molar-refractivity contribution is 14.0. The zero-order valence-corrected chi connectivity index (χ0v) is 20.0. The Labute approximate surface area is 188 Å². The van der Waals surface area contributed by atoms with E-state index in [4.69, 9.17) is 9.47 Å². The van der Waals surface area contributed by atoms with Gasteiger partial charge in [0.25, 0.3) is 0 Å². The lowest BCUT2D eigenvalue weighted by Crippen LogP contribution is -2.51. The molecule has 2 saturated heterocycles. The lowest BCUT2D eigenvalue weighted by Gasteiger charge is -2.39. The van der Waals surface area contributed by atoms with E-state index in [2.05, 4.69) is 20.5 Å². The number of piperidine rings is 1. The van der Waals surface area contributed by atoms with Crippen LogP contribution < -0.4 is 10.6 Å². The van der Waals surface area contributed by atoms with Crippen LogP contribution in [0, 0.1) is 0 Å². The van der Waals surface area contributed by atoms with Crippen molar-refractivity contribution in [1.82, 2.24) is 15.5 Å². The largest absolute Gasteiger partial charge is 0.381 e. The molecule has 0 spiro atoms. The van der Waals surface area contributed by atoms with Crippen molar-refractivity contribution < 1.29 is 9.47 Å². The molecule has 2 heterocycles. The first kappa shape index (κ1) is 24.2. The second-order valence-electron chi connectivity index (χ2n) is 8.28. The van der Waals surface area contributed by atoms with Gasteiger partial charge < -0.3 is 25.0 Å². The molecule has 6 nitrogen and oxygen atoms in total. The number of rotatable bonds is 7. The molecule has 0 aromatic heterocycles. The highest BCUT2D eigenvalue weighted by atomic mass is 127. The Morgan fingerprint density at radius 3 is 2.43 bits per heavy atom. The van der Waals surface area contributed by atoms with Crippen LogP contribution in [0.1, 0.15) is 64.2 Å². The molecular weight excluding hydrogens is 467 g/mol. The highest BCUT2D eigenvalue weighted by Gasteiger charge is 2.26. The second-order valence-corrected chi connectivity index (χ2v) is 8.28. The van der Waals surface area contributed by atoms with Gasteiger partial charge in [0.2, 0.25) is 0 Å². The van der Waals surface area contributed by atoms with Crippen LogP contribution in [-0.4, -0.2) is 75.5 Å². The zero-order valence-electron chi connectivity index (χ0n) is 17.7. The van der Waals surface area contributed by atoms with Gasteiger partial charge in [-0.25, -0.2) is 0 Å². The topological polar surface area (TPSA) is 58.1 Å². The molecule has 0 bridgehead atoms. The van der Waals surface area contributed by atoms with Gasteiger partial charge >= 0.3 is 0 Å². The van der Waals surface area contributed by atoms with Crippen molar-refractivity contribution in [3.63, 3.8) is 0 Å². The van der Waals surface area contributed by atoms with E-state index in [1.165, 1.54) is 58.0 Å². The van der Waals surface area contributed by atoms with Crippen molar-refractivity contribution in [3.05, 3.63) is 0 Å². The number of hydrogen-bond donors (Lipinski definition) is 2. The van der Waals surface area contributed by atoms with Crippen molar-refractivity contribution in [2.45, 2.75) is 82.4 Å². The molecule has 2 aliphatic heterocycles. The molecule has 3 rings (SSSR count). The summed E-state index contributed by atoms with van der Waals surface area (Å²) in [5.74, 6) is 0.942. The third-order valence-electron chi connectivity index (χ3n) is 6.32. The van der Waals surface area contributed by atoms with Gasteiger partial charge in [0.15, 0.2) is 5.96 Å². The number of hydrogen-bond acceptors (Lipinski definition) is 4. The normalized spacial score (nSPS) is 24.0. The van der Waals surface area contributed by atoms with E-state index >= 15 is 0 Å². The van der Waals surface area contributed by atoms with Gasteiger partial charge in [-0.3, -0.25) is 4.99 Å². The van der Waals surface area contributed by atoms with Crippen LogP contribution in [0.3, 0.4) is 0 Å². The minimum absolute atomic E-state index is 0. The quantitative estimate of drug-likeness (QED) is 0.240. The first-order valence-corrected chi connectivity index (χ1v) is 11.3.